The zero-order valence-electron chi connectivity index (χ0n) is 15.0. The number of aromatic nitrogens is 4. The van der Waals surface area contributed by atoms with Crippen LogP contribution in [-0.2, 0) is 17.9 Å². The molecule has 0 saturated heterocycles. The van der Waals surface area contributed by atoms with Gasteiger partial charge in [-0.2, -0.15) is 10.1 Å². The first-order valence-electron chi connectivity index (χ1n) is 8.25. The second-order valence-corrected chi connectivity index (χ2v) is 7.15. The summed E-state index contributed by atoms with van der Waals surface area (Å²) in [6, 6.07) is 2.50. The Morgan fingerprint density at radius 2 is 2.10 bits per heavy atom. The van der Waals surface area contributed by atoms with Gasteiger partial charge in [-0.25, -0.2) is 13.8 Å². The third kappa shape index (κ3) is 5.39. The van der Waals surface area contributed by atoms with Crippen molar-refractivity contribution in [1.82, 2.24) is 25.1 Å². The van der Waals surface area contributed by atoms with Gasteiger partial charge in [0.25, 0.3) is 0 Å². The fourth-order valence-corrected chi connectivity index (χ4v) is 2.97. The molecule has 8 nitrogen and oxygen atoms in total. The van der Waals surface area contributed by atoms with E-state index in [4.69, 9.17) is 11.6 Å². The average molecular weight is 487 g/mol. The fourth-order valence-electron chi connectivity index (χ4n) is 2.34. The summed E-state index contributed by atoms with van der Waals surface area (Å²) < 4.78 is 29.3. The van der Waals surface area contributed by atoms with Crippen molar-refractivity contribution in [3.05, 3.63) is 57.4 Å². The van der Waals surface area contributed by atoms with E-state index in [9.17, 15) is 13.6 Å². The number of benzene rings is 1. The largest absolute Gasteiger partial charge is 0.364 e. The third-order valence-corrected chi connectivity index (χ3v) is 4.47. The highest BCUT2D eigenvalue weighted by Crippen LogP contribution is 2.24. The van der Waals surface area contributed by atoms with Crippen molar-refractivity contribution in [3.8, 4) is 0 Å². The monoisotopic (exact) mass is 485 g/mol. The lowest BCUT2D eigenvalue weighted by atomic mass is 10.2. The van der Waals surface area contributed by atoms with E-state index in [1.807, 2.05) is 0 Å². The molecule has 2 heterocycles. The summed E-state index contributed by atoms with van der Waals surface area (Å²) in [4.78, 5) is 19.7. The van der Waals surface area contributed by atoms with Crippen molar-refractivity contribution < 1.29 is 13.6 Å². The summed E-state index contributed by atoms with van der Waals surface area (Å²) in [7, 11) is 1.54. The van der Waals surface area contributed by atoms with Crippen molar-refractivity contribution in [2.45, 2.75) is 13.1 Å². The number of nitrogens with one attached hydrogen (secondary N) is 3. The highest BCUT2D eigenvalue weighted by atomic mass is 79.9. The molecule has 1 amide bonds. The first-order chi connectivity index (χ1) is 13.9. The molecule has 0 unspecified atom stereocenters. The van der Waals surface area contributed by atoms with E-state index < -0.39 is 11.6 Å². The summed E-state index contributed by atoms with van der Waals surface area (Å²) in [5.41, 5.74) is 0.666. The maximum absolute atomic E-state index is 13.9. The van der Waals surface area contributed by atoms with Crippen molar-refractivity contribution in [3.63, 3.8) is 0 Å². The van der Waals surface area contributed by atoms with Crippen LogP contribution in [0.3, 0.4) is 0 Å². The van der Waals surface area contributed by atoms with E-state index >= 15 is 0 Å². The maximum atomic E-state index is 13.9. The minimum atomic E-state index is -0.957. The molecule has 0 fully saturated rings. The van der Waals surface area contributed by atoms with Gasteiger partial charge in [0, 0.05) is 29.8 Å². The number of hydrogen-bond donors (Lipinski definition) is 3. The van der Waals surface area contributed by atoms with E-state index in [1.54, 1.807) is 6.20 Å². The Hall–Kier alpha value is -2.79. The molecule has 3 N–H and O–H groups in total. The number of hydrogen-bond acceptors (Lipinski definition) is 6. The van der Waals surface area contributed by atoms with Gasteiger partial charge in [-0.1, -0.05) is 27.5 Å². The molecular formula is C17H15BrClF2N7O. The molecule has 3 aromatic rings. The highest BCUT2D eigenvalue weighted by molar-refractivity contribution is 9.10. The zero-order chi connectivity index (χ0) is 21.0. The summed E-state index contributed by atoms with van der Waals surface area (Å²) >= 11 is 9.22. The molecule has 0 spiro atoms. The van der Waals surface area contributed by atoms with Crippen molar-refractivity contribution in [2.75, 3.05) is 17.7 Å². The number of halogens is 4. The Balaban J connectivity index is 1.71. The minimum absolute atomic E-state index is 0.0393. The maximum Gasteiger partial charge on any atom is 0.241 e. The van der Waals surface area contributed by atoms with Crippen LogP contribution in [0.4, 0.5) is 26.2 Å². The van der Waals surface area contributed by atoms with Crippen LogP contribution in [0.1, 0.15) is 5.56 Å². The molecule has 0 saturated carbocycles. The molecule has 3 rings (SSSR count). The molecular weight excluding hydrogens is 472 g/mol. The van der Waals surface area contributed by atoms with Crippen LogP contribution in [0.5, 0.6) is 0 Å². The predicted molar refractivity (Wildman–Crippen MR) is 108 cm³/mol. The number of carbonyl (C=O) groups excluding carboxylic acids is 1. The third-order valence-electron chi connectivity index (χ3n) is 3.73. The van der Waals surface area contributed by atoms with Gasteiger partial charge in [-0.05, 0) is 12.1 Å². The molecule has 0 aliphatic rings. The molecule has 0 bridgehead atoms. The lowest BCUT2D eigenvalue weighted by Gasteiger charge is -2.10. The molecule has 0 aliphatic heterocycles. The van der Waals surface area contributed by atoms with Gasteiger partial charge >= 0.3 is 0 Å². The number of anilines is 3. The Morgan fingerprint density at radius 1 is 1.31 bits per heavy atom. The summed E-state index contributed by atoms with van der Waals surface area (Å²) in [5, 5.41) is 12.6. The van der Waals surface area contributed by atoms with Gasteiger partial charge in [-0.3, -0.25) is 9.48 Å². The number of amides is 1. The summed E-state index contributed by atoms with van der Waals surface area (Å²) in [5.74, 6) is -1.65. The van der Waals surface area contributed by atoms with Crippen LogP contribution in [0.15, 0.2) is 35.2 Å². The first-order valence-corrected chi connectivity index (χ1v) is 9.42. The van der Waals surface area contributed by atoms with E-state index in [0.29, 0.717) is 10.2 Å². The Morgan fingerprint density at radius 3 is 2.86 bits per heavy atom. The van der Waals surface area contributed by atoms with E-state index in [0.717, 1.165) is 6.07 Å². The number of rotatable bonds is 7. The average Bonchev–Trinajstić information content (AvgIpc) is 3.12. The second kappa shape index (κ2) is 9.14. The van der Waals surface area contributed by atoms with Gasteiger partial charge in [-0.15, -0.1) is 0 Å². The topological polar surface area (TPSA) is 96.8 Å². The number of carbonyl (C=O) groups is 1. The molecule has 0 aliphatic carbocycles. The van der Waals surface area contributed by atoms with Crippen molar-refractivity contribution in [2.24, 2.45) is 0 Å². The number of nitrogens with zero attached hydrogens (tertiary/aromatic N) is 4. The lowest BCUT2D eigenvalue weighted by Crippen LogP contribution is -2.23. The van der Waals surface area contributed by atoms with Gasteiger partial charge < -0.3 is 16.0 Å². The van der Waals surface area contributed by atoms with E-state index in [2.05, 4.69) is 46.9 Å². The van der Waals surface area contributed by atoms with Crippen LogP contribution in [0, 0.1) is 11.6 Å². The second-order valence-electron chi connectivity index (χ2n) is 5.83. The van der Waals surface area contributed by atoms with Crippen LogP contribution >= 0.6 is 27.5 Å². The number of likely N-dealkylation sites (N-methyl/N-ethyl adjacent to an activating group) is 1. The van der Waals surface area contributed by atoms with Crippen LogP contribution in [-0.4, -0.2) is 32.7 Å². The molecule has 152 valence electrons. The quantitative estimate of drug-likeness (QED) is 0.443. The van der Waals surface area contributed by atoms with E-state index in [1.165, 1.54) is 30.2 Å². The smallest absolute Gasteiger partial charge is 0.241 e. The molecule has 1 aromatic carbocycles. The fraction of sp³-hybridized carbons (Fsp3) is 0.176. The van der Waals surface area contributed by atoms with Gasteiger partial charge in [0.15, 0.2) is 17.5 Å². The Bertz CT molecular complexity index is 1050. The standard InChI is InChI=1S/C17H15BrClF2N7O/c1-22-14(29)8-28-7-11(5-25-28)26-17-24-6-12(19)16(27-17)23-4-9-2-10(18)3-13(20)15(9)21/h2-3,5-7H,4,8H2,1H3,(H,22,29)(H2,23,24,26,27). The predicted octanol–water partition coefficient (Wildman–Crippen LogP) is 3.47. The molecule has 0 radical (unpaired) electrons. The highest BCUT2D eigenvalue weighted by Gasteiger charge is 2.12. The molecule has 12 heteroatoms. The molecule has 29 heavy (non-hydrogen) atoms. The van der Waals surface area contributed by atoms with Gasteiger partial charge in [0.1, 0.15) is 11.6 Å². The lowest BCUT2D eigenvalue weighted by molar-refractivity contribution is -0.121. The minimum Gasteiger partial charge on any atom is -0.364 e. The van der Waals surface area contributed by atoms with Crippen molar-refractivity contribution in [1.29, 1.82) is 0 Å². The van der Waals surface area contributed by atoms with Gasteiger partial charge in [0.2, 0.25) is 11.9 Å². The van der Waals surface area contributed by atoms with Crippen LogP contribution < -0.4 is 16.0 Å². The summed E-state index contributed by atoms with van der Waals surface area (Å²) in [6.45, 7) is 0.0314. The first kappa shape index (κ1) is 20.9. The normalized spacial score (nSPS) is 10.7. The Labute approximate surface area is 177 Å². The SMILES string of the molecule is CNC(=O)Cn1cc(Nc2ncc(Cl)c(NCc3cc(Br)cc(F)c3F)n2)cn1. The summed E-state index contributed by atoms with van der Waals surface area (Å²) in [6.07, 6.45) is 4.49. The van der Waals surface area contributed by atoms with Crippen LogP contribution in [0.2, 0.25) is 5.02 Å². The molecule has 0 atom stereocenters. The zero-order valence-corrected chi connectivity index (χ0v) is 17.4. The van der Waals surface area contributed by atoms with E-state index in [-0.39, 0.29) is 41.3 Å². The Kier molecular flexibility index (Phi) is 6.60. The molecule has 2 aromatic heterocycles. The van der Waals surface area contributed by atoms with Crippen LogP contribution in [0.25, 0.3) is 0 Å². The van der Waals surface area contributed by atoms with Gasteiger partial charge in [0.05, 0.1) is 18.1 Å². The van der Waals surface area contributed by atoms with Crippen molar-refractivity contribution >= 4 is 50.9 Å².